The summed E-state index contributed by atoms with van der Waals surface area (Å²) in [6.45, 7) is 5.40. The Bertz CT molecular complexity index is 654. The van der Waals surface area contributed by atoms with Gasteiger partial charge in [-0.2, -0.15) is 5.10 Å². The van der Waals surface area contributed by atoms with E-state index in [1.54, 1.807) is 6.20 Å². The van der Waals surface area contributed by atoms with Gasteiger partial charge in [0.15, 0.2) is 0 Å². The molecule has 5 nitrogen and oxygen atoms in total. The lowest BCUT2D eigenvalue weighted by molar-refractivity contribution is 0.130. The molecule has 1 aliphatic heterocycles. The molecule has 1 amide bonds. The first kappa shape index (κ1) is 12.7. The SMILES string of the molecule is C=C(c1ccn2nccc2c1)C1CCN(C(=O)O)CC1. The lowest BCUT2D eigenvalue weighted by atomic mass is 9.86. The molecule has 0 aromatic carbocycles. The topological polar surface area (TPSA) is 57.8 Å². The van der Waals surface area contributed by atoms with Gasteiger partial charge in [-0.15, -0.1) is 0 Å². The number of rotatable bonds is 2. The molecule has 0 bridgehead atoms. The minimum Gasteiger partial charge on any atom is -0.465 e. The lowest BCUT2D eigenvalue weighted by Crippen LogP contribution is -2.37. The molecular formula is C15H17N3O2. The van der Waals surface area contributed by atoms with Gasteiger partial charge in [-0.1, -0.05) is 6.58 Å². The van der Waals surface area contributed by atoms with Crippen LogP contribution >= 0.6 is 0 Å². The first-order valence-electron chi connectivity index (χ1n) is 6.75. The molecule has 0 spiro atoms. The van der Waals surface area contributed by atoms with Crippen LogP contribution in [-0.4, -0.2) is 38.8 Å². The summed E-state index contributed by atoms with van der Waals surface area (Å²) in [5.41, 5.74) is 3.26. The van der Waals surface area contributed by atoms with Gasteiger partial charge in [0.1, 0.15) is 0 Å². The van der Waals surface area contributed by atoms with Gasteiger partial charge in [0, 0.05) is 25.5 Å². The van der Waals surface area contributed by atoms with Crippen molar-refractivity contribution < 1.29 is 9.90 Å². The number of carboxylic acid groups (broad SMARTS) is 1. The van der Waals surface area contributed by atoms with Crippen LogP contribution in [0.2, 0.25) is 0 Å². The molecule has 3 rings (SSSR count). The summed E-state index contributed by atoms with van der Waals surface area (Å²) in [7, 11) is 0. The maximum absolute atomic E-state index is 10.9. The molecule has 1 fully saturated rings. The van der Waals surface area contributed by atoms with Gasteiger partial charge in [-0.3, -0.25) is 0 Å². The van der Waals surface area contributed by atoms with E-state index in [2.05, 4.69) is 17.7 Å². The van der Waals surface area contributed by atoms with Crippen LogP contribution in [-0.2, 0) is 0 Å². The summed E-state index contributed by atoms with van der Waals surface area (Å²) in [5.74, 6) is 0.357. The molecule has 0 radical (unpaired) electrons. The second-order valence-electron chi connectivity index (χ2n) is 5.19. The van der Waals surface area contributed by atoms with Crippen LogP contribution in [0.25, 0.3) is 11.1 Å². The molecule has 1 saturated heterocycles. The minimum absolute atomic E-state index is 0.357. The second kappa shape index (κ2) is 5.00. The third-order valence-electron chi connectivity index (χ3n) is 4.03. The Morgan fingerprint density at radius 3 is 2.80 bits per heavy atom. The van der Waals surface area contributed by atoms with E-state index in [0.717, 1.165) is 29.5 Å². The standard InChI is InChI=1S/C15H17N3O2/c1-11(12-3-7-17(8-4-12)15(19)20)13-5-9-18-14(10-13)2-6-16-18/h2,5-6,9-10,12H,1,3-4,7-8H2,(H,19,20). The Labute approximate surface area is 117 Å². The van der Waals surface area contributed by atoms with Crippen LogP contribution < -0.4 is 0 Å². The molecule has 1 N–H and O–H groups in total. The van der Waals surface area contributed by atoms with E-state index in [0.29, 0.717) is 19.0 Å². The predicted molar refractivity (Wildman–Crippen MR) is 76.5 cm³/mol. The van der Waals surface area contributed by atoms with Crippen LogP contribution in [0, 0.1) is 5.92 Å². The van der Waals surface area contributed by atoms with Crippen molar-refractivity contribution in [1.82, 2.24) is 14.5 Å². The van der Waals surface area contributed by atoms with Gasteiger partial charge in [-0.25, -0.2) is 9.31 Å². The van der Waals surface area contributed by atoms with Crippen molar-refractivity contribution >= 4 is 17.2 Å². The molecule has 0 unspecified atom stereocenters. The fourth-order valence-corrected chi connectivity index (χ4v) is 2.78. The highest BCUT2D eigenvalue weighted by atomic mass is 16.4. The summed E-state index contributed by atoms with van der Waals surface area (Å²) in [6, 6.07) is 6.06. The van der Waals surface area contributed by atoms with Crippen LogP contribution in [0.15, 0.2) is 37.2 Å². The summed E-state index contributed by atoms with van der Waals surface area (Å²) in [6.07, 6.45) is 4.57. The van der Waals surface area contributed by atoms with Crippen molar-refractivity contribution in [2.75, 3.05) is 13.1 Å². The number of hydrogen-bond donors (Lipinski definition) is 1. The van der Waals surface area contributed by atoms with E-state index in [1.165, 1.54) is 4.90 Å². The van der Waals surface area contributed by atoms with Gasteiger partial charge >= 0.3 is 6.09 Å². The Kier molecular flexibility index (Phi) is 3.18. The van der Waals surface area contributed by atoms with E-state index in [4.69, 9.17) is 5.11 Å². The molecule has 0 aliphatic carbocycles. The van der Waals surface area contributed by atoms with E-state index in [1.807, 2.05) is 22.8 Å². The van der Waals surface area contributed by atoms with E-state index in [9.17, 15) is 4.79 Å². The number of likely N-dealkylation sites (tertiary alicyclic amines) is 1. The molecule has 3 heterocycles. The summed E-state index contributed by atoms with van der Waals surface area (Å²) in [5, 5.41) is 13.1. The number of carbonyl (C=O) groups is 1. The molecule has 5 heteroatoms. The molecule has 2 aromatic rings. The van der Waals surface area contributed by atoms with Gasteiger partial charge in [0.25, 0.3) is 0 Å². The Morgan fingerprint density at radius 2 is 2.10 bits per heavy atom. The first-order chi connectivity index (χ1) is 9.65. The number of aromatic nitrogens is 2. The highest BCUT2D eigenvalue weighted by molar-refractivity contribution is 5.70. The molecule has 1 aliphatic rings. The van der Waals surface area contributed by atoms with Gasteiger partial charge in [0.2, 0.25) is 0 Å². The van der Waals surface area contributed by atoms with Crippen molar-refractivity contribution in [2.24, 2.45) is 5.92 Å². The minimum atomic E-state index is -0.824. The molecule has 0 saturated carbocycles. The van der Waals surface area contributed by atoms with E-state index < -0.39 is 6.09 Å². The van der Waals surface area contributed by atoms with Crippen LogP contribution in [0.3, 0.4) is 0 Å². The van der Waals surface area contributed by atoms with Gasteiger partial charge in [0.05, 0.1) is 5.52 Å². The highest BCUT2D eigenvalue weighted by Gasteiger charge is 2.24. The number of pyridine rings is 1. The number of piperidine rings is 1. The average molecular weight is 271 g/mol. The smallest absolute Gasteiger partial charge is 0.407 e. The second-order valence-corrected chi connectivity index (χ2v) is 5.19. The maximum atomic E-state index is 10.9. The number of nitrogens with zero attached hydrogens (tertiary/aromatic N) is 3. The monoisotopic (exact) mass is 271 g/mol. The van der Waals surface area contributed by atoms with Crippen LogP contribution in [0.5, 0.6) is 0 Å². The quantitative estimate of drug-likeness (QED) is 0.913. The van der Waals surface area contributed by atoms with Crippen molar-refractivity contribution in [3.8, 4) is 0 Å². The molecule has 0 atom stereocenters. The highest BCUT2D eigenvalue weighted by Crippen LogP contribution is 2.30. The number of allylic oxidation sites excluding steroid dienone is 1. The summed E-state index contributed by atoms with van der Waals surface area (Å²) >= 11 is 0. The Morgan fingerprint density at radius 1 is 1.35 bits per heavy atom. The number of amides is 1. The van der Waals surface area contributed by atoms with Crippen LogP contribution in [0.1, 0.15) is 18.4 Å². The average Bonchev–Trinajstić information content (AvgIpc) is 2.94. The fourth-order valence-electron chi connectivity index (χ4n) is 2.78. The predicted octanol–water partition coefficient (Wildman–Crippen LogP) is 2.74. The number of hydrogen-bond acceptors (Lipinski definition) is 2. The summed E-state index contributed by atoms with van der Waals surface area (Å²) in [4.78, 5) is 12.4. The number of fused-ring (bicyclic) bond motifs is 1. The van der Waals surface area contributed by atoms with E-state index in [-0.39, 0.29) is 0 Å². The largest absolute Gasteiger partial charge is 0.465 e. The van der Waals surface area contributed by atoms with Crippen molar-refractivity contribution in [2.45, 2.75) is 12.8 Å². The zero-order valence-corrected chi connectivity index (χ0v) is 11.2. The first-order valence-corrected chi connectivity index (χ1v) is 6.75. The van der Waals surface area contributed by atoms with Gasteiger partial charge in [-0.05, 0) is 48.1 Å². The van der Waals surface area contributed by atoms with Crippen molar-refractivity contribution in [3.63, 3.8) is 0 Å². The fraction of sp³-hybridized carbons (Fsp3) is 0.333. The zero-order chi connectivity index (χ0) is 14.1. The molecule has 20 heavy (non-hydrogen) atoms. The third-order valence-corrected chi connectivity index (χ3v) is 4.03. The Hall–Kier alpha value is -2.30. The zero-order valence-electron chi connectivity index (χ0n) is 11.2. The molecule has 104 valence electrons. The Balaban J connectivity index is 1.74. The molecule has 2 aromatic heterocycles. The third kappa shape index (κ3) is 2.27. The van der Waals surface area contributed by atoms with Crippen molar-refractivity contribution in [1.29, 1.82) is 0 Å². The van der Waals surface area contributed by atoms with Crippen LogP contribution in [0.4, 0.5) is 4.79 Å². The normalized spacial score (nSPS) is 16.5. The van der Waals surface area contributed by atoms with Crippen molar-refractivity contribution in [3.05, 3.63) is 42.7 Å². The van der Waals surface area contributed by atoms with E-state index >= 15 is 0 Å². The summed E-state index contributed by atoms with van der Waals surface area (Å²) < 4.78 is 1.82. The maximum Gasteiger partial charge on any atom is 0.407 e. The lowest BCUT2D eigenvalue weighted by Gasteiger charge is -2.31. The molecular weight excluding hydrogens is 254 g/mol. The van der Waals surface area contributed by atoms with Gasteiger partial charge < -0.3 is 10.0 Å².